The van der Waals surface area contributed by atoms with Crippen molar-refractivity contribution < 1.29 is 23.8 Å². The number of benzene rings is 2. The van der Waals surface area contributed by atoms with E-state index in [4.69, 9.17) is 14.3 Å². The van der Waals surface area contributed by atoms with Gasteiger partial charge in [-0.3, -0.25) is 14.5 Å². The van der Waals surface area contributed by atoms with Crippen LogP contribution >= 0.6 is 0 Å². The molecule has 1 saturated heterocycles. The van der Waals surface area contributed by atoms with Crippen molar-refractivity contribution in [1.82, 2.24) is 9.80 Å². The zero-order valence-electron chi connectivity index (χ0n) is 16.6. The molecule has 1 aromatic heterocycles. The van der Waals surface area contributed by atoms with E-state index in [1.165, 1.54) is 0 Å². The first kappa shape index (κ1) is 19.4. The van der Waals surface area contributed by atoms with Gasteiger partial charge in [0.2, 0.25) is 0 Å². The van der Waals surface area contributed by atoms with E-state index in [1.54, 1.807) is 16.8 Å². The summed E-state index contributed by atoms with van der Waals surface area (Å²) in [7, 11) is 1.73. The number of aliphatic carboxylic acids is 1. The molecule has 1 unspecified atom stereocenters. The van der Waals surface area contributed by atoms with Crippen molar-refractivity contribution >= 4 is 33.6 Å². The van der Waals surface area contributed by atoms with E-state index in [9.17, 15) is 9.59 Å². The Balaban J connectivity index is 1.57. The third-order valence-electron chi connectivity index (χ3n) is 5.37. The predicted octanol–water partition coefficient (Wildman–Crippen LogP) is 2.75. The minimum atomic E-state index is -0.888. The largest absolute Gasteiger partial charge is 0.480 e. The Kier molecular flexibility index (Phi) is 5.25. The van der Waals surface area contributed by atoms with Gasteiger partial charge in [-0.25, -0.2) is 0 Å². The van der Waals surface area contributed by atoms with Crippen molar-refractivity contribution in [3.8, 4) is 0 Å². The predicted molar refractivity (Wildman–Crippen MR) is 109 cm³/mol. The molecule has 1 amide bonds. The van der Waals surface area contributed by atoms with Crippen LogP contribution in [-0.4, -0.2) is 72.7 Å². The summed E-state index contributed by atoms with van der Waals surface area (Å²) < 4.78 is 11.8. The van der Waals surface area contributed by atoms with Crippen molar-refractivity contribution in [3.05, 3.63) is 47.7 Å². The molecule has 3 aromatic rings. The number of carboxylic acids is 1. The molecule has 1 atom stereocenters. The Bertz CT molecular complexity index is 1070. The van der Waals surface area contributed by atoms with E-state index in [0.29, 0.717) is 32.0 Å². The van der Waals surface area contributed by atoms with Crippen molar-refractivity contribution in [2.75, 3.05) is 39.8 Å². The molecule has 0 aliphatic carbocycles. The van der Waals surface area contributed by atoms with Gasteiger partial charge in [-0.1, -0.05) is 36.4 Å². The van der Waals surface area contributed by atoms with Crippen molar-refractivity contribution in [2.24, 2.45) is 0 Å². The second-order valence-corrected chi connectivity index (χ2v) is 7.55. The summed E-state index contributed by atoms with van der Waals surface area (Å²) >= 11 is 0. The number of carboxylic acid groups (broad SMARTS) is 1. The monoisotopic (exact) mass is 396 g/mol. The van der Waals surface area contributed by atoms with Crippen molar-refractivity contribution in [1.29, 1.82) is 0 Å². The van der Waals surface area contributed by atoms with E-state index in [-0.39, 0.29) is 18.6 Å². The number of furan rings is 1. The van der Waals surface area contributed by atoms with Gasteiger partial charge in [0.15, 0.2) is 5.76 Å². The lowest BCUT2D eigenvalue weighted by Crippen LogP contribution is -2.49. The Morgan fingerprint density at radius 2 is 2.00 bits per heavy atom. The number of carbonyl (C=O) groups is 2. The maximum Gasteiger partial charge on any atom is 0.317 e. The van der Waals surface area contributed by atoms with Crippen LogP contribution in [0.3, 0.4) is 0 Å². The lowest BCUT2D eigenvalue weighted by atomic mass is 10.1. The summed E-state index contributed by atoms with van der Waals surface area (Å²) in [6.45, 7) is 3.59. The normalized spacial score (nSPS) is 17.3. The standard InChI is InChI=1S/C22H24N2O5/c1-14-17-8-7-15-5-3-4-6-18(15)21(17)29-20(14)22(27)24-9-10-28-16(12-24)11-23(2)13-19(25)26/h3-8,16H,9-13H2,1-2H3,(H,25,26). The van der Waals surface area contributed by atoms with Crippen LogP contribution in [0.5, 0.6) is 0 Å². The molecule has 152 valence electrons. The molecular weight excluding hydrogens is 372 g/mol. The molecule has 0 saturated carbocycles. The van der Waals surface area contributed by atoms with Gasteiger partial charge >= 0.3 is 5.97 Å². The smallest absolute Gasteiger partial charge is 0.317 e. The van der Waals surface area contributed by atoms with Gasteiger partial charge in [0.05, 0.1) is 19.3 Å². The van der Waals surface area contributed by atoms with Crippen LogP contribution in [0.2, 0.25) is 0 Å². The first-order valence-electron chi connectivity index (χ1n) is 9.66. The van der Waals surface area contributed by atoms with Gasteiger partial charge < -0.3 is 19.2 Å². The molecule has 0 radical (unpaired) electrons. The van der Waals surface area contributed by atoms with Gasteiger partial charge in [-0.2, -0.15) is 0 Å². The van der Waals surface area contributed by atoms with Crippen LogP contribution < -0.4 is 0 Å². The lowest BCUT2D eigenvalue weighted by molar-refractivity contribution is -0.138. The van der Waals surface area contributed by atoms with Gasteiger partial charge in [-0.15, -0.1) is 0 Å². The van der Waals surface area contributed by atoms with Gasteiger partial charge in [0.1, 0.15) is 5.58 Å². The summed E-state index contributed by atoms with van der Waals surface area (Å²) in [6, 6.07) is 12.0. The number of aryl methyl sites for hydroxylation is 1. The third kappa shape index (κ3) is 3.83. The molecule has 2 aromatic carbocycles. The molecule has 7 heteroatoms. The number of likely N-dealkylation sites (N-methyl/N-ethyl adjacent to an activating group) is 1. The summed E-state index contributed by atoms with van der Waals surface area (Å²) in [4.78, 5) is 27.5. The Morgan fingerprint density at radius 3 is 2.79 bits per heavy atom. The molecule has 7 nitrogen and oxygen atoms in total. The highest BCUT2D eigenvalue weighted by Gasteiger charge is 2.29. The van der Waals surface area contributed by atoms with Crippen molar-refractivity contribution in [2.45, 2.75) is 13.0 Å². The summed E-state index contributed by atoms with van der Waals surface area (Å²) in [5, 5.41) is 11.9. The molecule has 1 aliphatic heterocycles. The van der Waals surface area contributed by atoms with E-state index < -0.39 is 5.97 Å². The topological polar surface area (TPSA) is 83.2 Å². The fourth-order valence-electron chi connectivity index (χ4n) is 3.95. The maximum atomic E-state index is 13.2. The summed E-state index contributed by atoms with van der Waals surface area (Å²) in [5.74, 6) is -0.686. The highest BCUT2D eigenvalue weighted by molar-refractivity contribution is 6.08. The second-order valence-electron chi connectivity index (χ2n) is 7.55. The Labute approximate surface area is 168 Å². The second kappa shape index (κ2) is 7.85. The number of rotatable bonds is 5. The van der Waals surface area contributed by atoms with Crippen LogP contribution in [0.15, 0.2) is 40.8 Å². The molecule has 4 rings (SSSR count). The van der Waals surface area contributed by atoms with E-state index >= 15 is 0 Å². The number of fused-ring (bicyclic) bond motifs is 3. The zero-order chi connectivity index (χ0) is 20.5. The van der Waals surface area contributed by atoms with Crippen LogP contribution in [0.4, 0.5) is 0 Å². The van der Waals surface area contributed by atoms with E-state index in [0.717, 1.165) is 27.3 Å². The average Bonchev–Trinajstić information content (AvgIpc) is 3.04. The van der Waals surface area contributed by atoms with E-state index in [1.807, 2.05) is 43.3 Å². The maximum absolute atomic E-state index is 13.2. The number of ether oxygens (including phenoxy) is 1. The molecule has 2 heterocycles. The number of carbonyl (C=O) groups excluding carboxylic acids is 1. The molecule has 1 aliphatic rings. The Hall–Kier alpha value is -2.90. The lowest BCUT2D eigenvalue weighted by Gasteiger charge is -2.34. The number of amides is 1. The van der Waals surface area contributed by atoms with Crippen LogP contribution in [0.1, 0.15) is 16.1 Å². The minimum absolute atomic E-state index is 0.0659. The zero-order valence-corrected chi connectivity index (χ0v) is 16.6. The number of hydrogen-bond donors (Lipinski definition) is 1. The van der Waals surface area contributed by atoms with Crippen molar-refractivity contribution in [3.63, 3.8) is 0 Å². The average molecular weight is 396 g/mol. The quantitative estimate of drug-likeness (QED) is 0.714. The highest BCUT2D eigenvalue weighted by atomic mass is 16.5. The highest BCUT2D eigenvalue weighted by Crippen LogP contribution is 2.32. The summed E-state index contributed by atoms with van der Waals surface area (Å²) in [5.41, 5.74) is 1.57. The first-order chi connectivity index (χ1) is 13.9. The number of nitrogens with zero attached hydrogens (tertiary/aromatic N) is 2. The van der Waals surface area contributed by atoms with Gasteiger partial charge in [0.25, 0.3) is 5.91 Å². The number of morpholine rings is 1. The molecule has 0 bridgehead atoms. The van der Waals surface area contributed by atoms with Crippen LogP contribution in [0.25, 0.3) is 21.7 Å². The van der Waals surface area contributed by atoms with E-state index in [2.05, 4.69) is 0 Å². The molecule has 29 heavy (non-hydrogen) atoms. The molecule has 0 spiro atoms. The fourth-order valence-corrected chi connectivity index (χ4v) is 3.95. The minimum Gasteiger partial charge on any atom is -0.480 e. The number of hydrogen-bond acceptors (Lipinski definition) is 5. The SMILES string of the molecule is Cc1c(C(=O)N2CCOC(CN(C)CC(=O)O)C2)oc2c1ccc1ccccc12. The molecule has 1 N–H and O–H groups in total. The fraction of sp³-hybridized carbons (Fsp3) is 0.364. The van der Waals surface area contributed by atoms with Crippen LogP contribution in [0, 0.1) is 6.92 Å². The molecular formula is C22H24N2O5. The Morgan fingerprint density at radius 1 is 1.21 bits per heavy atom. The summed E-state index contributed by atoms with van der Waals surface area (Å²) in [6.07, 6.45) is -0.234. The van der Waals surface area contributed by atoms with Gasteiger partial charge in [-0.05, 0) is 19.4 Å². The molecule has 1 fully saturated rings. The van der Waals surface area contributed by atoms with Gasteiger partial charge in [0, 0.05) is 36.0 Å². The first-order valence-corrected chi connectivity index (χ1v) is 9.66. The van der Waals surface area contributed by atoms with Crippen LogP contribution in [-0.2, 0) is 9.53 Å². The third-order valence-corrected chi connectivity index (χ3v) is 5.37.